The largest absolute Gasteiger partial charge is 0.457 e. The van der Waals surface area contributed by atoms with Crippen molar-refractivity contribution in [2.45, 2.75) is 6.54 Å². The number of amides is 1. The van der Waals surface area contributed by atoms with E-state index in [0.717, 1.165) is 33.7 Å². The maximum absolute atomic E-state index is 11.7. The number of fused-ring (bicyclic) bond motifs is 1. The average Bonchev–Trinajstić information content (AvgIpc) is 3.16. The minimum absolute atomic E-state index is 0.0384. The molecular formula is C24H20ClN5O2. The first-order valence-corrected chi connectivity index (χ1v) is 10.6. The Morgan fingerprint density at radius 1 is 1.09 bits per heavy atom. The smallest absolute Gasteiger partial charge is 0.245 e. The zero-order chi connectivity index (χ0) is 22.1. The number of benzene rings is 1. The van der Waals surface area contributed by atoms with Gasteiger partial charge in [-0.3, -0.25) is 19.4 Å². The second kappa shape index (κ2) is 8.43. The molecule has 0 atom stereocenters. The van der Waals surface area contributed by atoms with E-state index in [1.54, 1.807) is 41.8 Å². The Bertz CT molecular complexity index is 1280. The van der Waals surface area contributed by atoms with Crippen LogP contribution >= 0.6 is 11.6 Å². The van der Waals surface area contributed by atoms with Crippen molar-refractivity contribution in [1.29, 1.82) is 0 Å². The van der Waals surface area contributed by atoms with Crippen molar-refractivity contribution in [3.8, 4) is 22.8 Å². The lowest BCUT2D eigenvalue weighted by molar-refractivity contribution is -0.132. The summed E-state index contributed by atoms with van der Waals surface area (Å²) in [7, 11) is 0. The average molecular weight is 446 g/mol. The molecule has 1 aliphatic heterocycles. The van der Waals surface area contributed by atoms with Crippen LogP contribution in [0.15, 0.2) is 73.8 Å². The maximum atomic E-state index is 11.7. The third-order valence-corrected chi connectivity index (χ3v) is 5.77. The molecule has 1 amide bonds. The number of hydrogen-bond acceptors (Lipinski definition) is 5. The van der Waals surface area contributed by atoms with Gasteiger partial charge in [0, 0.05) is 61.3 Å². The van der Waals surface area contributed by atoms with Crippen LogP contribution in [0.2, 0.25) is 5.02 Å². The van der Waals surface area contributed by atoms with Crippen LogP contribution in [0.1, 0.15) is 0 Å². The fourth-order valence-electron chi connectivity index (χ4n) is 3.90. The number of likely N-dealkylation sites (tertiary alicyclic amines) is 1. The van der Waals surface area contributed by atoms with Gasteiger partial charge < -0.3 is 9.64 Å². The quantitative estimate of drug-likeness (QED) is 0.406. The molecule has 32 heavy (non-hydrogen) atoms. The molecule has 1 saturated heterocycles. The van der Waals surface area contributed by atoms with Crippen LogP contribution < -0.4 is 4.74 Å². The molecule has 0 bridgehead atoms. The van der Waals surface area contributed by atoms with Gasteiger partial charge in [0.15, 0.2) is 0 Å². The van der Waals surface area contributed by atoms with Crippen molar-refractivity contribution < 1.29 is 9.53 Å². The summed E-state index contributed by atoms with van der Waals surface area (Å²) < 4.78 is 7.78. The summed E-state index contributed by atoms with van der Waals surface area (Å²) >= 11 is 6.50. The van der Waals surface area contributed by atoms with Gasteiger partial charge in [-0.15, -0.1) is 0 Å². The molecule has 0 saturated carbocycles. The van der Waals surface area contributed by atoms with Crippen molar-refractivity contribution in [3.05, 3.63) is 78.9 Å². The Hall–Kier alpha value is -3.71. The van der Waals surface area contributed by atoms with Crippen LogP contribution in [0.3, 0.4) is 0 Å². The van der Waals surface area contributed by atoms with Gasteiger partial charge in [-0.1, -0.05) is 18.2 Å². The highest BCUT2D eigenvalue weighted by Crippen LogP contribution is 2.34. The molecule has 0 N–H and O–H groups in total. The van der Waals surface area contributed by atoms with E-state index in [1.165, 1.54) is 6.08 Å². The molecule has 0 aliphatic carbocycles. The van der Waals surface area contributed by atoms with Gasteiger partial charge in [-0.25, -0.2) is 0 Å². The number of nitrogens with zero attached hydrogens (tertiary/aromatic N) is 5. The summed E-state index contributed by atoms with van der Waals surface area (Å²) in [5.41, 5.74) is 2.60. The standard InChI is InChI=1S/C24H20ClN5O2/c1-2-22(31)29-13-16(14-29)15-30-24-20(11-27-12-21(24)25)23(28-30)17-3-5-18(6-4-17)32-19-7-9-26-10-8-19/h2-12,16H,1,13-15H2. The summed E-state index contributed by atoms with van der Waals surface area (Å²) in [5.74, 6) is 1.73. The Kier molecular flexibility index (Phi) is 5.33. The minimum Gasteiger partial charge on any atom is -0.457 e. The molecule has 1 aliphatic rings. The Morgan fingerprint density at radius 3 is 2.53 bits per heavy atom. The summed E-state index contributed by atoms with van der Waals surface area (Å²) in [6.45, 7) is 5.59. The van der Waals surface area contributed by atoms with Crippen LogP contribution in [0.4, 0.5) is 0 Å². The van der Waals surface area contributed by atoms with Gasteiger partial charge in [0.2, 0.25) is 5.91 Å². The van der Waals surface area contributed by atoms with Crippen molar-refractivity contribution >= 4 is 28.4 Å². The second-order valence-corrected chi connectivity index (χ2v) is 8.08. The van der Waals surface area contributed by atoms with E-state index in [-0.39, 0.29) is 5.91 Å². The first kappa shape index (κ1) is 20.2. The van der Waals surface area contributed by atoms with E-state index in [0.29, 0.717) is 30.6 Å². The van der Waals surface area contributed by atoms with Crippen LogP contribution in [0.25, 0.3) is 22.2 Å². The molecule has 0 unspecified atom stereocenters. The zero-order valence-electron chi connectivity index (χ0n) is 17.2. The molecule has 4 heterocycles. The highest BCUT2D eigenvalue weighted by atomic mass is 35.5. The molecule has 0 radical (unpaired) electrons. The number of pyridine rings is 2. The Balaban J connectivity index is 1.41. The van der Waals surface area contributed by atoms with Gasteiger partial charge in [0.1, 0.15) is 17.2 Å². The maximum Gasteiger partial charge on any atom is 0.245 e. The lowest BCUT2D eigenvalue weighted by Gasteiger charge is -2.38. The van der Waals surface area contributed by atoms with E-state index in [4.69, 9.17) is 21.4 Å². The summed E-state index contributed by atoms with van der Waals surface area (Å²) in [4.78, 5) is 21.8. The molecule has 3 aromatic heterocycles. The van der Waals surface area contributed by atoms with Crippen molar-refractivity contribution in [3.63, 3.8) is 0 Å². The highest BCUT2D eigenvalue weighted by molar-refractivity contribution is 6.35. The molecule has 8 heteroatoms. The molecule has 7 nitrogen and oxygen atoms in total. The second-order valence-electron chi connectivity index (χ2n) is 7.67. The fourth-order valence-corrected chi connectivity index (χ4v) is 4.15. The molecule has 0 spiro atoms. The number of ether oxygens (including phenoxy) is 1. The first-order valence-electron chi connectivity index (χ1n) is 10.2. The van der Waals surface area contributed by atoms with Crippen LogP contribution in [0, 0.1) is 5.92 Å². The number of carbonyl (C=O) groups is 1. The molecule has 160 valence electrons. The normalized spacial score (nSPS) is 13.7. The van der Waals surface area contributed by atoms with E-state index in [2.05, 4.69) is 16.5 Å². The number of hydrogen-bond donors (Lipinski definition) is 0. The summed E-state index contributed by atoms with van der Waals surface area (Å²) in [6.07, 6.45) is 8.14. The molecule has 1 aromatic carbocycles. The monoisotopic (exact) mass is 445 g/mol. The van der Waals surface area contributed by atoms with Gasteiger partial charge in [0.05, 0.1) is 10.5 Å². The van der Waals surface area contributed by atoms with Crippen LogP contribution in [-0.2, 0) is 11.3 Å². The lowest BCUT2D eigenvalue weighted by Crippen LogP contribution is -2.50. The number of rotatable bonds is 6. The third kappa shape index (κ3) is 3.83. The van der Waals surface area contributed by atoms with Gasteiger partial charge >= 0.3 is 0 Å². The predicted molar refractivity (Wildman–Crippen MR) is 123 cm³/mol. The first-order chi connectivity index (χ1) is 15.6. The van der Waals surface area contributed by atoms with Crippen molar-refractivity contribution in [2.75, 3.05) is 13.1 Å². The van der Waals surface area contributed by atoms with Gasteiger partial charge in [0.25, 0.3) is 0 Å². The van der Waals surface area contributed by atoms with E-state index >= 15 is 0 Å². The molecule has 5 rings (SSSR count). The van der Waals surface area contributed by atoms with Gasteiger partial charge in [-0.2, -0.15) is 5.10 Å². The van der Waals surface area contributed by atoms with Crippen molar-refractivity contribution in [2.24, 2.45) is 5.92 Å². The third-order valence-electron chi connectivity index (χ3n) is 5.49. The Morgan fingerprint density at radius 2 is 1.81 bits per heavy atom. The predicted octanol–water partition coefficient (Wildman–Crippen LogP) is 4.58. The van der Waals surface area contributed by atoms with Crippen LogP contribution in [-0.4, -0.2) is 43.6 Å². The van der Waals surface area contributed by atoms with E-state index in [9.17, 15) is 4.79 Å². The fraction of sp³-hybridized carbons (Fsp3) is 0.167. The Labute approximate surface area is 189 Å². The van der Waals surface area contributed by atoms with Crippen LogP contribution in [0.5, 0.6) is 11.5 Å². The number of aromatic nitrogens is 4. The van der Waals surface area contributed by atoms with Gasteiger partial charge in [-0.05, 0) is 42.5 Å². The highest BCUT2D eigenvalue weighted by Gasteiger charge is 2.30. The number of carbonyl (C=O) groups excluding carboxylic acids is 1. The lowest BCUT2D eigenvalue weighted by atomic mass is 10.00. The summed E-state index contributed by atoms with van der Waals surface area (Å²) in [6, 6.07) is 11.4. The van der Waals surface area contributed by atoms with Crippen molar-refractivity contribution in [1.82, 2.24) is 24.6 Å². The molecule has 4 aromatic rings. The topological polar surface area (TPSA) is 73.1 Å². The number of halogens is 1. The SMILES string of the molecule is C=CC(=O)N1CC(Cn2nc(-c3ccc(Oc4ccncc4)cc3)c3cncc(Cl)c32)C1. The van der Waals surface area contributed by atoms with E-state index < -0.39 is 0 Å². The minimum atomic E-state index is -0.0384. The van der Waals surface area contributed by atoms with E-state index in [1.807, 2.05) is 28.9 Å². The molecular weight excluding hydrogens is 426 g/mol. The molecule has 1 fully saturated rings. The zero-order valence-corrected chi connectivity index (χ0v) is 17.9. The summed E-state index contributed by atoms with van der Waals surface area (Å²) in [5, 5.41) is 6.31.